The Morgan fingerprint density at radius 2 is 2.28 bits per heavy atom. The lowest BCUT2D eigenvalue weighted by molar-refractivity contribution is -0.385. The van der Waals surface area contributed by atoms with Gasteiger partial charge in [-0.05, 0) is 18.6 Å². The summed E-state index contributed by atoms with van der Waals surface area (Å²) in [5.41, 5.74) is 6.85. The molecule has 128 valence electrons. The molecule has 1 aromatic carbocycles. The number of methoxy groups -OCH3 is 1. The number of fused-ring (bicyclic) bond motifs is 1. The van der Waals surface area contributed by atoms with Crippen molar-refractivity contribution in [2.24, 2.45) is 5.73 Å². The predicted octanol–water partition coefficient (Wildman–Crippen LogP) is 1.56. The van der Waals surface area contributed by atoms with Gasteiger partial charge in [0.2, 0.25) is 17.5 Å². The number of aromatic amines is 1. The van der Waals surface area contributed by atoms with Crippen molar-refractivity contribution in [1.82, 2.24) is 10.2 Å². The van der Waals surface area contributed by atoms with Crippen molar-refractivity contribution >= 4 is 5.69 Å². The van der Waals surface area contributed by atoms with E-state index in [1.807, 2.05) is 6.07 Å². The highest BCUT2D eigenvalue weighted by Crippen LogP contribution is 2.46. The molecule has 0 bridgehead atoms. The van der Waals surface area contributed by atoms with Gasteiger partial charge in [0, 0.05) is 17.3 Å². The average molecular weight is 343 g/mol. The lowest BCUT2D eigenvalue weighted by Crippen LogP contribution is -2.21. The van der Waals surface area contributed by atoms with Crippen molar-refractivity contribution in [3.8, 4) is 23.4 Å². The number of ether oxygens (including phenoxy) is 2. The number of aromatic nitrogens is 2. The molecule has 10 nitrogen and oxygen atoms in total. The van der Waals surface area contributed by atoms with E-state index < -0.39 is 22.3 Å². The molecule has 0 radical (unpaired) electrons. The summed E-state index contributed by atoms with van der Waals surface area (Å²) in [6, 6.07) is 4.49. The number of phenolic OH excluding ortho intramolecular Hbond substituents is 1. The van der Waals surface area contributed by atoms with E-state index in [4.69, 9.17) is 15.2 Å². The number of aromatic hydroxyl groups is 1. The quantitative estimate of drug-likeness (QED) is 0.559. The van der Waals surface area contributed by atoms with E-state index in [9.17, 15) is 20.5 Å². The number of nitrogens with one attached hydrogen (secondary N) is 1. The van der Waals surface area contributed by atoms with Crippen LogP contribution >= 0.6 is 0 Å². The summed E-state index contributed by atoms with van der Waals surface area (Å²) >= 11 is 0. The van der Waals surface area contributed by atoms with Gasteiger partial charge in [-0.15, -0.1) is 5.10 Å². The summed E-state index contributed by atoms with van der Waals surface area (Å²) in [5, 5.41) is 37.6. The Morgan fingerprint density at radius 1 is 1.56 bits per heavy atom. The van der Waals surface area contributed by atoms with Crippen LogP contribution in [0.15, 0.2) is 23.6 Å². The van der Waals surface area contributed by atoms with Crippen LogP contribution in [0.3, 0.4) is 0 Å². The summed E-state index contributed by atoms with van der Waals surface area (Å²) in [4.78, 5) is 10.6. The van der Waals surface area contributed by atoms with E-state index in [1.54, 1.807) is 6.92 Å². The number of benzene rings is 1. The largest absolute Gasteiger partial charge is 0.504 e. The van der Waals surface area contributed by atoms with Gasteiger partial charge < -0.3 is 20.3 Å². The minimum atomic E-state index is -0.775. The second kappa shape index (κ2) is 5.72. The number of phenols is 1. The monoisotopic (exact) mass is 343 g/mol. The van der Waals surface area contributed by atoms with Gasteiger partial charge in [0.15, 0.2) is 5.75 Å². The Morgan fingerprint density at radius 3 is 2.88 bits per heavy atom. The first kappa shape index (κ1) is 16.1. The molecule has 1 aromatic heterocycles. The van der Waals surface area contributed by atoms with Crippen LogP contribution in [0.25, 0.3) is 0 Å². The molecule has 0 spiro atoms. The van der Waals surface area contributed by atoms with Crippen molar-refractivity contribution in [2.75, 3.05) is 7.11 Å². The second-order valence-corrected chi connectivity index (χ2v) is 5.34. The SMILES string of the molecule is COc1c(O)cc([C@H]2C(C#N)=C(N)Oc3n[nH]c(C)c32)cc1[N+](=O)[O-]. The number of nitriles is 1. The zero-order chi connectivity index (χ0) is 18.3. The summed E-state index contributed by atoms with van der Waals surface area (Å²) in [7, 11) is 1.22. The Balaban J connectivity index is 2.30. The first-order valence-electron chi connectivity index (χ1n) is 7.06. The normalized spacial score (nSPS) is 16.0. The van der Waals surface area contributed by atoms with E-state index in [0.717, 1.165) is 0 Å². The smallest absolute Gasteiger partial charge is 0.315 e. The maximum atomic E-state index is 11.3. The van der Waals surface area contributed by atoms with Crippen molar-refractivity contribution in [2.45, 2.75) is 12.8 Å². The maximum Gasteiger partial charge on any atom is 0.315 e. The van der Waals surface area contributed by atoms with Gasteiger partial charge in [-0.3, -0.25) is 15.2 Å². The van der Waals surface area contributed by atoms with E-state index in [0.29, 0.717) is 16.8 Å². The molecule has 10 heteroatoms. The van der Waals surface area contributed by atoms with E-state index in [1.165, 1.54) is 19.2 Å². The molecular formula is C15H13N5O5. The molecule has 0 saturated carbocycles. The van der Waals surface area contributed by atoms with Crippen LogP contribution in [-0.2, 0) is 0 Å². The summed E-state index contributed by atoms with van der Waals surface area (Å²) in [5.74, 6) is -1.43. The van der Waals surface area contributed by atoms with Crippen molar-refractivity contribution in [1.29, 1.82) is 5.26 Å². The van der Waals surface area contributed by atoms with Gasteiger partial charge in [-0.2, -0.15) is 5.26 Å². The molecule has 2 heterocycles. The number of allylic oxidation sites excluding steroid dienone is 1. The number of hydrogen-bond acceptors (Lipinski definition) is 8. The van der Waals surface area contributed by atoms with Crippen LogP contribution in [0.2, 0.25) is 0 Å². The van der Waals surface area contributed by atoms with Gasteiger partial charge in [-0.25, -0.2) is 0 Å². The number of nitro groups is 1. The minimum Gasteiger partial charge on any atom is -0.504 e. The molecule has 0 aliphatic carbocycles. The number of rotatable bonds is 3. The van der Waals surface area contributed by atoms with Gasteiger partial charge in [0.1, 0.15) is 11.6 Å². The first-order valence-corrected chi connectivity index (χ1v) is 7.06. The van der Waals surface area contributed by atoms with Gasteiger partial charge >= 0.3 is 5.69 Å². The third kappa shape index (κ3) is 2.38. The zero-order valence-corrected chi connectivity index (χ0v) is 13.2. The van der Waals surface area contributed by atoms with E-state index in [2.05, 4.69) is 10.2 Å². The van der Waals surface area contributed by atoms with Crippen LogP contribution < -0.4 is 15.2 Å². The molecule has 3 rings (SSSR count). The number of aryl methyl sites for hydroxylation is 1. The topological polar surface area (TPSA) is 160 Å². The Kier molecular flexibility index (Phi) is 3.69. The standard InChI is InChI=1S/C15H13N5O5/c1-6-11-12(8(5-16)14(17)25-15(11)19-18-6)7-3-9(20(22)23)13(24-2)10(21)4-7/h3-4,12,21H,17H2,1-2H3,(H,18,19)/t12-/m0/s1. The van der Waals surface area contributed by atoms with Crippen LogP contribution in [0.4, 0.5) is 5.69 Å². The highest BCUT2D eigenvalue weighted by atomic mass is 16.6. The molecule has 0 amide bonds. The summed E-state index contributed by atoms with van der Waals surface area (Å²) < 4.78 is 10.2. The fourth-order valence-corrected chi connectivity index (χ4v) is 2.86. The fraction of sp³-hybridized carbons (Fsp3) is 0.200. The lowest BCUT2D eigenvalue weighted by Gasteiger charge is -2.23. The molecular weight excluding hydrogens is 330 g/mol. The molecule has 0 saturated heterocycles. The molecule has 2 aromatic rings. The minimum absolute atomic E-state index is 0.0656. The van der Waals surface area contributed by atoms with E-state index in [-0.39, 0.29) is 23.1 Å². The zero-order valence-electron chi connectivity index (χ0n) is 13.2. The van der Waals surface area contributed by atoms with Gasteiger partial charge in [0.25, 0.3) is 0 Å². The van der Waals surface area contributed by atoms with Crippen molar-refractivity contribution in [3.05, 3.63) is 50.5 Å². The fourth-order valence-electron chi connectivity index (χ4n) is 2.86. The van der Waals surface area contributed by atoms with Crippen molar-refractivity contribution < 1.29 is 19.5 Å². The van der Waals surface area contributed by atoms with Crippen LogP contribution in [0, 0.1) is 28.4 Å². The highest BCUT2D eigenvalue weighted by molar-refractivity contribution is 5.63. The number of hydrogen-bond donors (Lipinski definition) is 3. The Hall–Kier alpha value is -3.74. The van der Waals surface area contributed by atoms with Crippen LogP contribution in [0.5, 0.6) is 17.4 Å². The first-order chi connectivity index (χ1) is 11.9. The summed E-state index contributed by atoms with van der Waals surface area (Å²) in [6.45, 7) is 1.72. The Labute approximate surface area is 141 Å². The molecule has 4 N–H and O–H groups in total. The summed E-state index contributed by atoms with van der Waals surface area (Å²) in [6.07, 6.45) is 0. The molecule has 0 unspecified atom stereocenters. The third-order valence-electron chi connectivity index (χ3n) is 3.94. The van der Waals surface area contributed by atoms with E-state index >= 15 is 0 Å². The molecule has 1 atom stereocenters. The number of nitrogens with zero attached hydrogens (tertiary/aromatic N) is 3. The maximum absolute atomic E-state index is 11.3. The van der Waals surface area contributed by atoms with Crippen LogP contribution in [-0.4, -0.2) is 27.3 Å². The number of nitro benzene ring substituents is 1. The van der Waals surface area contributed by atoms with Gasteiger partial charge in [-0.1, -0.05) is 0 Å². The number of nitrogens with two attached hydrogens (primary N) is 1. The van der Waals surface area contributed by atoms with Crippen LogP contribution in [0.1, 0.15) is 22.7 Å². The molecule has 0 fully saturated rings. The number of H-pyrrole nitrogens is 1. The highest BCUT2D eigenvalue weighted by Gasteiger charge is 2.36. The average Bonchev–Trinajstić information content (AvgIpc) is 2.93. The molecule has 25 heavy (non-hydrogen) atoms. The second-order valence-electron chi connectivity index (χ2n) is 5.34. The molecule has 1 aliphatic rings. The third-order valence-corrected chi connectivity index (χ3v) is 3.94. The molecule has 1 aliphatic heterocycles. The Bertz CT molecular complexity index is 956. The van der Waals surface area contributed by atoms with Crippen molar-refractivity contribution in [3.63, 3.8) is 0 Å². The predicted molar refractivity (Wildman–Crippen MR) is 83.9 cm³/mol. The lowest BCUT2D eigenvalue weighted by atomic mass is 9.84. The van der Waals surface area contributed by atoms with Gasteiger partial charge in [0.05, 0.1) is 18.0 Å².